The van der Waals surface area contributed by atoms with Crippen LogP contribution in [0.25, 0.3) is 0 Å². The first-order valence-corrected chi connectivity index (χ1v) is 9.55. The minimum Gasteiger partial charge on any atom is -0.322 e. The molecule has 2 heterocycles. The Balaban J connectivity index is 1.45. The number of thiophene rings is 1. The lowest BCUT2D eigenvalue weighted by Crippen LogP contribution is -2.53. The van der Waals surface area contributed by atoms with Crippen LogP contribution in [0.3, 0.4) is 0 Å². The van der Waals surface area contributed by atoms with Crippen LogP contribution < -0.4 is 5.32 Å². The number of para-hydroxylation sites is 1. The summed E-state index contributed by atoms with van der Waals surface area (Å²) < 4.78 is 13.7. The molecule has 0 bridgehead atoms. The topological polar surface area (TPSA) is 35.6 Å². The molecule has 1 N–H and O–H groups in total. The number of halogens is 1. The van der Waals surface area contributed by atoms with E-state index in [1.165, 1.54) is 10.9 Å². The Kier molecular flexibility index (Phi) is 6.18. The predicted molar refractivity (Wildman–Crippen MR) is 101 cm³/mol. The number of nitrogens with zero attached hydrogens (tertiary/aromatic N) is 2. The number of benzene rings is 1. The number of carbonyl (C=O) groups is 1. The van der Waals surface area contributed by atoms with Crippen molar-refractivity contribution < 1.29 is 9.18 Å². The molecular formula is C19H24FN3OS. The molecule has 1 aliphatic rings. The molecule has 3 rings (SSSR count). The summed E-state index contributed by atoms with van der Waals surface area (Å²) in [6.07, 6.45) is 1.08. The van der Waals surface area contributed by atoms with E-state index in [0.717, 1.165) is 39.1 Å². The van der Waals surface area contributed by atoms with E-state index in [1.54, 1.807) is 29.5 Å². The molecule has 1 fully saturated rings. The van der Waals surface area contributed by atoms with Crippen molar-refractivity contribution in [3.05, 3.63) is 52.5 Å². The van der Waals surface area contributed by atoms with Gasteiger partial charge in [-0.1, -0.05) is 18.2 Å². The van der Waals surface area contributed by atoms with Gasteiger partial charge in [0.1, 0.15) is 5.82 Å². The molecule has 4 nitrogen and oxygen atoms in total. The quantitative estimate of drug-likeness (QED) is 0.859. The van der Waals surface area contributed by atoms with Crippen LogP contribution in [0.15, 0.2) is 41.8 Å². The second-order valence-corrected chi connectivity index (χ2v) is 7.38. The van der Waals surface area contributed by atoms with Gasteiger partial charge in [-0.15, -0.1) is 11.3 Å². The van der Waals surface area contributed by atoms with Gasteiger partial charge in [-0.05, 0) is 36.9 Å². The fraction of sp³-hybridized carbons (Fsp3) is 0.421. The number of nitrogens with one attached hydrogen (secondary N) is 1. The van der Waals surface area contributed by atoms with Crippen LogP contribution in [0.5, 0.6) is 0 Å². The highest BCUT2D eigenvalue weighted by Gasteiger charge is 2.25. The SMILES string of the molecule is CC(C(=O)Nc1ccccc1F)N1CCN(CCc2cccs2)CC1. The average Bonchev–Trinajstić information content (AvgIpc) is 3.15. The van der Waals surface area contributed by atoms with E-state index in [4.69, 9.17) is 0 Å². The van der Waals surface area contributed by atoms with E-state index in [1.807, 2.05) is 6.92 Å². The summed E-state index contributed by atoms with van der Waals surface area (Å²) in [7, 11) is 0. The van der Waals surface area contributed by atoms with Gasteiger partial charge in [-0.25, -0.2) is 4.39 Å². The van der Waals surface area contributed by atoms with Gasteiger partial charge in [0.05, 0.1) is 11.7 Å². The maximum Gasteiger partial charge on any atom is 0.241 e. The van der Waals surface area contributed by atoms with Gasteiger partial charge in [-0.3, -0.25) is 9.69 Å². The Bertz CT molecular complexity index is 684. The summed E-state index contributed by atoms with van der Waals surface area (Å²) in [6, 6.07) is 10.3. The van der Waals surface area contributed by atoms with E-state index in [0.29, 0.717) is 0 Å². The van der Waals surface area contributed by atoms with Gasteiger partial charge >= 0.3 is 0 Å². The maximum atomic E-state index is 13.7. The molecule has 0 radical (unpaired) electrons. The Morgan fingerprint density at radius 1 is 1.20 bits per heavy atom. The highest BCUT2D eigenvalue weighted by atomic mass is 32.1. The largest absolute Gasteiger partial charge is 0.322 e. The molecule has 25 heavy (non-hydrogen) atoms. The number of piperazine rings is 1. The van der Waals surface area contributed by atoms with Gasteiger partial charge < -0.3 is 10.2 Å². The van der Waals surface area contributed by atoms with E-state index in [2.05, 4.69) is 32.6 Å². The first kappa shape index (κ1) is 18.0. The maximum absolute atomic E-state index is 13.7. The highest BCUT2D eigenvalue weighted by molar-refractivity contribution is 7.09. The normalized spacial score (nSPS) is 17.4. The minimum absolute atomic E-state index is 0.155. The second kappa shape index (κ2) is 8.56. The Morgan fingerprint density at radius 2 is 1.96 bits per heavy atom. The molecular weight excluding hydrogens is 337 g/mol. The van der Waals surface area contributed by atoms with Crippen molar-refractivity contribution in [3.63, 3.8) is 0 Å². The van der Waals surface area contributed by atoms with Crippen LogP contribution in [0.2, 0.25) is 0 Å². The van der Waals surface area contributed by atoms with Gasteiger partial charge in [0.25, 0.3) is 0 Å². The fourth-order valence-corrected chi connectivity index (χ4v) is 3.76. The van der Waals surface area contributed by atoms with Crippen molar-refractivity contribution in [3.8, 4) is 0 Å². The van der Waals surface area contributed by atoms with Crippen molar-refractivity contribution in [1.82, 2.24) is 9.80 Å². The molecule has 2 aromatic rings. The van der Waals surface area contributed by atoms with Gasteiger partial charge in [0.15, 0.2) is 0 Å². The number of hydrogen-bond acceptors (Lipinski definition) is 4. The molecule has 1 aromatic carbocycles. The first-order valence-electron chi connectivity index (χ1n) is 8.67. The molecule has 6 heteroatoms. The molecule has 1 aromatic heterocycles. The number of anilines is 1. The number of amides is 1. The molecule has 1 amide bonds. The zero-order valence-corrected chi connectivity index (χ0v) is 15.3. The summed E-state index contributed by atoms with van der Waals surface area (Å²) >= 11 is 1.80. The van der Waals surface area contributed by atoms with Crippen molar-refractivity contribution in [1.29, 1.82) is 0 Å². The molecule has 134 valence electrons. The third-order valence-electron chi connectivity index (χ3n) is 4.72. The Morgan fingerprint density at radius 3 is 2.64 bits per heavy atom. The third-order valence-corrected chi connectivity index (χ3v) is 5.66. The molecule has 1 saturated heterocycles. The van der Waals surface area contributed by atoms with Crippen molar-refractivity contribution in [2.45, 2.75) is 19.4 Å². The Labute approximate surface area is 152 Å². The molecule has 1 unspecified atom stereocenters. The smallest absolute Gasteiger partial charge is 0.241 e. The lowest BCUT2D eigenvalue weighted by Gasteiger charge is -2.37. The fourth-order valence-electron chi connectivity index (χ4n) is 3.06. The lowest BCUT2D eigenvalue weighted by molar-refractivity contribution is -0.121. The van der Waals surface area contributed by atoms with Gasteiger partial charge in [0.2, 0.25) is 5.91 Å². The summed E-state index contributed by atoms with van der Waals surface area (Å²) in [4.78, 5) is 18.4. The number of rotatable bonds is 6. The number of carbonyl (C=O) groups excluding carboxylic acids is 1. The highest BCUT2D eigenvalue weighted by Crippen LogP contribution is 2.15. The van der Waals surface area contributed by atoms with Gasteiger partial charge in [0, 0.05) is 37.6 Å². The standard InChI is InChI=1S/C19H24FN3OS/c1-15(19(24)21-18-7-3-2-6-17(18)20)23-12-10-22(11-13-23)9-8-16-5-4-14-25-16/h2-7,14-15H,8-13H2,1H3,(H,21,24). The zero-order valence-electron chi connectivity index (χ0n) is 14.5. The summed E-state index contributed by atoms with van der Waals surface area (Å²) in [5.41, 5.74) is 0.244. The predicted octanol–water partition coefficient (Wildman–Crippen LogP) is 3.07. The number of hydrogen-bond donors (Lipinski definition) is 1. The second-order valence-electron chi connectivity index (χ2n) is 6.35. The Hall–Kier alpha value is -1.76. The van der Waals surface area contributed by atoms with Crippen LogP contribution in [0.4, 0.5) is 10.1 Å². The summed E-state index contributed by atoms with van der Waals surface area (Å²) in [6.45, 7) is 6.58. The van der Waals surface area contributed by atoms with E-state index in [-0.39, 0.29) is 17.6 Å². The van der Waals surface area contributed by atoms with E-state index < -0.39 is 5.82 Å². The van der Waals surface area contributed by atoms with Gasteiger partial charge in [-0.2, -0.15) is 0 Å². The van der Waals surface area contributed by atoms with Crippen molar-refractivity contribution >= 4 is 22.9 Å². The van der Waals surface area contributed by atoms with Crippen molar-refractivity contribution in [2.24, 2.45) is 0 Å². The van der Waals surface area contributed by atoms with E-state index >= 15 is 0 Å². The van der Waals surface area contributed by atoms with Crippen molar-refractivity contribution in [2.75, 3.05) is 38.0 Å². The molecule has 0 aliphatic carbocycles. The van der Waals surface area contributed by atoms with E-state index in [9.17, 15) is 9.18 Å². The van der Waals surface area contributed by atoms with Crippen LogP contribution in [-0.2, 0) is 11.2 Å². The molecule has 1 atom stereocenters. The first-order chi connectivity index (χ1) is 12.1. The minimum atomic E-state index is -0.401. The van der Waals surface area contributed by atoms with Crippen LogP contribution in [0, 0.1) is 5.82 Å². The molecule has 0 spiro atoms. The summed E-state index contributed by atoms with van der Waals surface area (Å²) in [5.74, 6) is -0.557. The molecule has 0 saturated carbocycles. The monoisotopic (exact) mass is 361 g/mol. The summed E-state index contributed by atoms with van der Waals surface area (Å²) in [5, 5.41) is 4.81. The van der Waals surface area contributed by atoms with Crippen LogP contribution in [-0.4, -0.2) is 54.5 Å². The van der Waals surface area contributed by atoms with Crippen LogP contribution in [0.1, 0.15) is 11.8 Å². The molecule has 1 aliphatic heterocycles. The average molecular weight is 361 g/mol. The van der Waals surface area contributed by atoms with Crippen LogP contribution >= 0.6 is 11.3 Å². The zero-order chi connectivity index (χ0) is 17.6. The third kappa shape index (κ3) is 4.87. The lowest BCUT2D eigenvalue weighted by atomic mass is 10.2.